The van der Waals surface area contributed by atoms with Crippen molar-refractivity contribution in [3.8, 4) is 11.5 Å². The van der Waals surface area contributed by atoms with Crippen molar-refractivity contribution < 1.29 is 14.3 Å². The molecule has 4 heteroatoms. The minimum Gasteiger partial charge on any atom is -0.457 e. The maximum absolute atomic E-state index is 11.4. The van der Waals surface area contributed by atoms with Gasteiger partial charge in [0.15, 0.2) is 11.6 Å². The third-order valence-electron chi connectivity index (χ3n) is 2.96. The first kappa shape index (κ1) is 14.8. The fraction of sp³-hybridized carbons (Fsp3) is 0.176. The average Bonchev–Trinajstić information content (AvgIpc) is 2.47. The molecule has 108 valence electrons. The molecular formula is C17H17NO3. The van der Waals surface area contributed by atoms with E-state index in [2.05, 4.69) is 5.32 Å². The van der Waals surface area contributed by atoms with Gasteiger partial charge in [0, 0.05) is 5.69 Å². The number of ether oxygens (including phenoxy) is 1. The lowest BCUT2D eigenvalue weighted by molar-refractivity contribution is -0.125. The third kappa shape index (κ3) is 4.18. The highest BCUT2D eigenvalue weighted by atomic mass is 16.5. The number of Topliss-reactive ketones (excluding diaryl/α,β-unsaturated/α-hetero) is 2. The van der Waals surface area contributed by atoms with Crippen LogP contribution in [0.1, 0.15) is 13.8 Å². The van der Waals surface area contributed by atoms with Gasteiger partial charge in [-0.15, -0.1) is 0 Å². The van der Waals surface area contributed by atoms with Crippen LogP contribution in [0.25, 0.3) is 0 Å². The van der Waals surface area contributed by atoms with Crippen molar-refractivity contribution in [2.45, 2.75) is 19.9 Å². The molecule has 0 fully saturated rings. The molecule has 0 aliphatic carbocycles. The molecule has 0 heterocycles. The second-order valence-corrected chi connectivity index (χ2v) is 4.74. The fourth-order valence-corrected chi connectivity index (χ4v) is 1.90. The molecule has 0 atom stereocenters. The molecule has 0 aromatic heterocycles. The smallest absolute Gasteiger partial charge is 0.159 e. The highest BCUT2D eigenvalue weighted by molar-refractivity contribution is 6.06. The number of ketones is 2. The number of rotatable bonds is 6. The molecule has 21 heavy (non-hydrogen) atoms. The Morgan fingerprint density at radius 1 is 0.857 bits per heavy atom. The number of hydrogen-bond donors (Lipinski definition) is 1. The van der Waals surface area contributed by atoms with Gasteiger partial charge in [0.25, 0.3) is 0 Å². The number of para-hydroxylation sites is 1. The summed E-state index contributed by atoms with van der Waals surface area (Å²) in [4.78, 5) is 22.8. The molecule has 2 aromatic rings. The first-order valence-electron chi connectivity index (χ1n) is 6.66. The van der Waals surface area contributed by atoms with E-state index in [1.165, 1.54) is 13.8 Å². The monoisotopic (exact) mass is 283 g/mol. The van der Waals surface area contributed by atoms with Gasteiger partial charge in [0.2, 0.25) is 0 Å². The van der Waals surface area contributed by atoms with Crippen molar-refractivity contribution in [2.24, 2.45) is 0 Å². The lowest BCUT2D eigenvalue weighted by Gasteiger charge is -2.14. The molecule has 0 spiro atoms. The van der Waals surface area contributed by atoms with Crippen LogP contribution in [-0.4, -0.2) is 17.6 Å². The lowest BCUT2D eigenvalue weighted by atomic mass is 10.1. The van der Waals surface area contributed by atoms with Gasteiger partial charge in [-0.3, -0.25) is 9.59 Å². The Kier molecular flexibility index (Phi) is 4.72. The van der Waals surface area contributed by atoms with Crippen LogP contribution in [0, 0.1) is 0 Å². The Hall–Kier alpha value is -2.62. The van der Waals surface area contributed by atoms with Gasteiger partial charge in [0.1, 0.15) is 17.5 Å². The maximum atomic E-state index is 11.4. The first-order valence-corrected chi connectivity index (χ1v) is 6.66. The zero-order valence-corrected chi connectivity index (χ0v) is 12.0. The number of benzene rings is 2. The highest BCUT2D eigenvalue weighted by Gasteiger charge is 2.18. The molecule has 0 saturated carbocycles. The third-order valence-corrected chi connectivity index (χ3v) is 2.96. The molecule has 0 amide bonds. The Labute approximate surface area is 123 Å². The van der Waals surface area contributed by atoms with E-state index in [4.69, 9.17) is 4.74 Å². The largest absolute Gasteiger partial charge is 0.457 e. The number of carbonyl (C=O) groups is 2. The molecule has 0 radical (unpaired) electrons. The summed E-state index contributed by atoms with van der Waals surface area (Å²) in [5.41, 5.74) is 0.700. The number of nitrogens with one attached hydrogen (secondary N) is 1. The van der Waals surface area contributed by atoms with E-state index in [0.717, 1.165) is 5.75 Å². The molecule has 4 nitrogen and oxygen atoms in total. The van der Waals surface area contributed by atoms with Crippen molar-refractivity contribution in [1.29, 1.82) is 0 Å². The molecule has 0 saturated heterocycles. The second-order valence-electron chi connectivity index (χ2n) is 4.74. The van der Waals surface area contributed by atoms with Crippen LogP contribution in [0.5, 0.6) is 11.5 Å². The van der Waals surface area contributed by atoms with Crippen LogP contribution in [0.4, 0.5) is 5.69 Å². The molecule has 0 unspecified atom stereocenters. The van der Waals surface area contributed by atoms with Gasteiger partial charge < -0.3 is 10.1 Å². The van der Waals surface area contributed by atoms with Crippen molar-refractivity contribution in [3.63, 3.8) is 0 Å². The normalized spacial score (nSPS) is 10.2. The van der Waals surface area contributed by atoms with Gasteiger partial charge in [-0.1, -0.05) is 18.2 Å². The average molecular weight is 283 g/mol. The Balaban J connectivity index is 2.05. The van der Waals surface area contributed by atoms with Crippen LogP contribution in [-0.2, 0) is 9.59 Å². The zero-order chi connectivity index (χ0) is 15.2. The second kappa shape index (κ2) is 6.70. The summed E-state index contributed by atoms with van der Waals surface area (Å²) in [6, 6.07) is 15.8. The summed E-state index contributed by atoms with van der Waals surface area (Å²) < 4.78 is 5.67. The molecule has 0 aliphatic rings. The van der Waals surface area contributed by atoms with Crippen LogP contribution in [0.2, 0.25) is 0 Å². The predicted molar refractivity (Wildman–Crippen MR) is 81.7 cm³/mol. The van der Waals surface area contributed by atoms with E-state index < -0.39 is 6.04 Å². The number of anilines is 1. The minimum absolute atomic E-state index is 0.202. The SMILES string of the molecule is CC(=O)C(Nc1ccc(Oc2ccccc2)cc1)C(C)=O. The summed E-state index contributed by atoms with van der Waals surface area (Å²) in [5.74, 6) is 1.04. The van der Waals surface area contributed by atoms with E-state index >= 15 is 0 Å². The van der Waals surface area contributed by atoms with E-state index in [0.29, 0.717) is 11.4 Å². The Morgan fingerprint density at radius 2 is 1.38 bits per heavy atom. The van der Waals surface area contributed by atoms with Crippen molar-refractivity contribution >= 4 is 17.3 Å². The standard InChI is InChI=1S/C17H17NO3/c1-12(19)17(13(2)20)18-14-8-10-16(11-9-14)21-15-6-4-3-5-7-15/h3-11,17-18H,1-2H3. The summed E-state index contributed by atoms with van der Waals surface area (Å²) in [6.07, 6.45) is 0. The van der Waals surface area contributed by atoms with Gasteiger partial charge in [-0.2, -0.15) is 0 Å². The predicted octanol–water partition coefficient (Wildman–Crippen LogP) is 3.44. The van der Waals surface area contributed by atoms with Gasteiger partial charge in [0.05, 0.1) is 0 Å². The summed E-state index contributed by atoms with van der Waals surface area (Å²) in [6.45, 7) is 2.79. The number of hydrogen-bond acceptors (Lipinski definition) is 4. The van der Waals surface area contributed by atoms with E-state index in [-0.39, 0.29) is 11.6 Å². The maximum Gasteiger partial charge on any atom is 0.159 e. The Morgan fingerprint density at radius 3 is 1.90 bits per heavy atom. The summed E-state index contributed by atoms with van der Waals surface area (Å²) in [5, 5.41) is 2.91. The van der Waals surface area contributed by atoms with Gasteiger partial charge >= 0.3 is 0 Å². The van der Waals surface area contributed by atoms with Crippen LogP contribution < -0.4 is 10.1 Å². The molecule has 2 rings (SSSR count). The lowest BCUT2D eigenvalue weighted by Crippen LogP contribution is -2.34. The van der Waals surface area contributed by atoms with E-state index in [9.17, 15) is 9.59 Å². The van der Waals surface area contributed by atoms with Gasteiger partial charge in [-0.25, -0.2) is 0 Å². The van der Waals surface area contributed by atoms with Crippen molar-refractivity contribution in [3.05, 3.63) is 54.6 Å². The molecule has 2 aromatic carbocycles. The van der Waals surface area contributed by atoms with Crippen molar-refractivity contribution in [2.75, 3.05) is 5.32 Å². The van der Waals surface area contributed by atoms with Crippen LogP contribution in [0.3, 0.4) is 0 Å². The first-order chi connectivity index (χ1) is 10.1. The summed E-state index contributed by atoms with van der Waals surface area (Å²) >= 11 is 0. The Bertz CT molecular complexity index is 606. The number of carbonyl (C=O) groups excluding carboxylic acids is 2. The molecule has 1 N–H and O–H groups in total. The van der Waals surface area contributed by atoms with Crippen LogP contribution in [0.15, 0.2) is 54.6 Å². The quantitative estimate of drug-likeness (QED) is 0.825. The fourth-order valence-electron chi connectivity index (χ4n) is 1.90. The molecular weight excluding hydrogens is 266 g/mol. The zero-order valence-electron chi connectivity index (χ0n) is 12.0. The topological polar surface area (TPSA) is 55.4 Å². The highest BCUT2D eigenvalue weighted by Crippen LogP contribution is 2.22. The van der Waals surface area contributed by atoms with Crippen molar-refractivity contribution in [1.82, 2.24) is 0 Å². The van der Waals surface area contributed by atoms with Crippen LogP contribution >= 0.6 is 0 Å². The molecule has 0 aliphatic heterocycles. The van der Waals surface area contributed by atoms with Gasteiger partial charge in [-0.05, 0) is 50.2 Å². The minimum atomic E-state index is -0.800. The summed E-state index contributed by atoms with van der Waals surface area (Å²) in [7, 11) is 0. The van der Waals surface area contributed by atoms with E-state index in [1.807, 2.05) is 30.3 Å². The van der Waals surface area contributed by atoms with E-state index in [1.54, 1.807) is 24.3 Å². The molecule has 0 bridgehead atoms.